The molecule has 8 heteroatoms. The maximum absolute atomic E-state index is 13.5. The number of nitrogens with one attached hydrogen (secondary N) is 1. The number of hydrogen-bond acceptors (Lipinski definition) is 3. The van der Waals surface area contributed by atoms with E-state index >= 15 is 0 Å². The minimum atomic E-state index is -0.997. The van der Waals surface area contributed by atoms with Gasteiger partial charge in [-0.3, -0.25) is 9.69 Å². The van der Waals surface area contributed by atoms with Gasteiger partial charge in [0.25, 0.3) is 0 Å². The fraction of sp³-hybridized carbons (Fsp3) is 0.364. The molecule has 2 aromatic rings. The number of halogens is 2. The summed E-state index contributed by atoms with van der Waals surface area (Å²) in [5.41, 5.74) is 1.63. The van der Waals surface area contributed by atoms with E-state index < -0.39 is 17.6 Å². The second-order valence-electron chi connectivity index (χ2n) is 7.39. The van der Waals surface area contributed by atoms with E-state index in [9.17, 15) is 18.4 Å². The molecule has 156 valence electrons. The van der Waals surface area contributed by atoms with Gasteiger partial charge in [-0.05, 0) is 61.7 Å². The molecule has 0 radical (unpaired) electrons. The summed E-state index contributed by atoms with van der Waals surface area (Å²) in [6, 6.07) is 9.58. The quantitative estimate of drug-likeness (QED) is 0.698. The van der Waals surface area contributed by atoms with E-state index in [-0.39, 0.29) is 43.8 Å². The number of carbonyl (C=O) groups excluding carboxylic acids is 1. The summed E-state index contributed by atoms with van der Waals surface area (Å²) in [6.45, 7) is 2.92. The molecule has 1 saturated heterocycles. The molecule has 0 spiro atoms. The summed E-state index contributed by atoms with van der Waals surface area (Å²) >= 11 is 0. The van der Waals surface area contributed by atoms with Crippen molar-refractivity contribution in [3.63, 3.8) is 0 Å². The van der Waals surface area contributed by atoms with Crippen LogP contribution in [0.3, 0.4) is 0 Å². The summed E-state index contributed by atoms with van der Waals surface area (Å²) in [5, 5.41) is 12.0. The van der Waals surface area contributed by atoms with E-state index in [0.29, 0.717) is 25.1 Å². The van der Waals surface area contributed by atoms with Crippen LogP contribution >= 0.6 is 0 Å². The van der Waals surface area contributed by atoms with Gasteiger partial charge >= 0.3 is 24.8 Å². The monoisotopic (exact) mass is 410 g/mol. The Bertz CT molecular complexity index is 899. The molecule has 1 unspecified atom stereocenters. The van der Waals surface area contributed by atoms with Crippen molar-refractivity contribution in [2.45, 2.75) is 44.8 Å². The van der Waals surface area contributed by atoms with Crippen LogP contribution in [0, 0.1) is 11.6 Å². The standard InChI is InChI=1S/C22H24F2N2O3.Li.H/c1-14(16-6-8-17(9-7-16)22(28)29)25-21(27)20-4-2-3-11-26(20)13-15-5-10-18(23)19(24)12-15;;/h5-10,12,14,20H,2-4,11,13H2,1H3,(H,25,27)(H,28,29);;/q;+1;-1/t14-,20?;;/m0../s1. The van der Waals surface area contributed by atoms with E-state index in [1.165, 1.54) is 24.3 Å². The number of likely N-dealkylation sites (tertiary alicyclic amines) is 1. The number of carboxylic acids is 1. The number of amides is 1. The van der Waals surface area contributed by atoms with E-state index in [1.54, 1.807) is 12.1 Å². The number of hydrogen-bond donors (Lipinski definition) is 2. The van der Waals surface area contributed by atoms with Gasteiger partial charge in [0.1, 0.15) is 0 Å². The van der Waals surface area contributed by atoms with Crippen LogP contribution in [0.1, 0.15) is 55.1 Å². The zero-order chi connectivity index (χ0) is 21.0. The van der Waals surface area contributed by atoms with Crippen LogP contribution in [0.25, 0.3) is 0 Å². The molecule has 5 nitrogen and oxygen atoms in total. The molecule has 1 aliphatic rings. The smallest absolute Gasteiger partial charge is 1.00 e. The number of aromatic carboxylic acids is 1. The molecule has 30 heavy (non-hydrogen) atoms. The number of carbonyl (C=O) groups is 2. The number of nitrogens with zero attached hydrogens (tertiary/aromatic N) is 1. The van der Waals surface area contributed by atoms with Crippen molar-refractivity contribution in [1.82, 2.24) is 10.2 Å². The van der Waals surface area contributed by atoms with Crippen molar-refractivity contribution in [1.29, 1.82) is 0 Å². The summed E-state index contributed by atoms with van der Waals surface area (Å²) in [7, 11) is 0. The fourth-order valence-electron chi connectivity index (χ4n) is 3.66. The van der Waals surface area contributed by atoms with Gasteiger partial charge in [0.05, 0.1) is 17.6 Å². The van der Waals surface area contributed by atoms with E-state index in [4.69, 9.17) is 5.11 Å². The molecule has 0 aliphatic carbocycles. The van der Waals surface area contributed by atoms with Crippen LogP contribution in [-0.2, 0) is 11.3 Å². The van der Waals surface area contributed by atoms with Crippen LogP contribution in [0.4, 0.5) is 8.78 Å². The van der Waals surface area contributed by atoms with Gasteiger partial charge < -0.3 is 11.8 Å². The Kier molecular flexibility index (Phi) is 8.60. The van der Waals surface area contributed by atoms with Crippen LogP contribution in [0.2, 0.25) is 0 Å². The van der Waals surface area contributed by atoms with Crippen LogP contribution in [0.15, 0.2) is 42.5 Å². The molecule has 0 bridgehead atoms. The third kappa shape index (κ3) is 5.91. The van der Waals surface area contributed by atoms with Gasteiger partial charge in [0, 0.05) is 6.54 Å². The van der Waals surface area contributed by atoms with Gasteiger partial charge in [0.2, 0.25) is 5.91 Å². The minimum Gasteiger partial charge on any atom is -1.00 e. The zero-order valence-corrected chi connectivity index (χ0v) is 17.2. The molecule has 1 aliphatic heterocycles. The molecule has 1 amide bonds. The van der Waals surface area contributed by atoms with Crippen LogP contribution in [-0.4, -0.2) is 34.5 Å². The SMILES string of the molecule is C[C@H](NC(=O)C1CCCCN1Cc1ccc(F)c(F)c1)c1ccc(C(=O)O)cc1.[H-].[Li+]. The molecule has 0 aromatic heterocycles. The molecular weight excluding hydrogens is 385 g/mol. The van der Waals surface area contributed by atoms with E-state index in [0.717, 1.165) is 24.5 Å². The van der Waals surface area contributed by atoms with Gasteiger partial charge in [-0.1, -0.05) is 24.6 Å². The minimum absolute atomic E-state index is 0. The number of piperidine rings is 1. The summed E-state index contributed by atoms with van der Waals surface area (Å²) < 4.78 is 26.7. The second kappa shape index (κ2) is 10.7. The Balaban J connectivity index is 0.00000240. The van der Waals surface area contributed by atoms with Crippen molar-refractivity contribution in [3.05, 3.63) is 70.8 Å². The fourth-order valence-corrected chi connectivity index (χ4v) is 3.66. The summed E-state index contributed by atoms with van der Waals surface area (Å²) in [5.74, 6) is -2.89. The first-order valence-corrected chi connectivity index (χ1v) is 9.67. The molecule has 3 rings (SSSR count). The predicted molar refractivity (Wildman–Crippen MR) is 105 cm³/mol. The summed E-state index contributed by atoms with van der Waals surface area (Å²) in [4.78, 5) is 25.9. The first-order valence-electron chi connectivity index (χ1n) is 9.67. The van der Waals surface area contributed by atoms with Crippen LogP contribution < -0.4 is 24.2 Å². The predicted octanol–water partition coefficient (Wildman–Crippen LogP) is 1.01. The molecule has 1 heterocycles. The molecule has 2 N–H and O–H groups in total. The van der Waals surface area contributed by atoms with Crippen molar-refractivity contribution < 1.29 is 43.8 Å². The van der Waals surface area contributed by atoms with E-state index in [1.807, 2.05) is 11.8 Å². The number of rotatable bonds is 6. The Morgan fingerprint density at radius 3 is 2.50 bits per heavy atom. The Morgan fingerprint density at radius 1 is 1.17 bits per heavy atom. The van der Waals surface area contributed by atoms with Gasteiger partial charge in [-0.25, -0.2) is 13.6 Å². The first-order chi connectivity index (χ1) is 13.8. The van der Waals surface area contributed by atoms with Crippen LogP contribution in [0.5, 0.6) is 0 Å². The molecule has 1 fully saturated rings. The average molecular weight is 410 g/mol. The number of carboxylic acid groups (broad SMARTS) is 1. The van der Waals surface area contributed by atoms with Gasteiger partial charge in [0.15, 0.2) is 11.6 Å². The molecule has 2 atom stereocenters. The van der Waals surface area contributed by atoms with Crippen molar-refractivity contribution >= 4 is 11.9 Å². The molecule has 2 aromatic carbocycles. The molecular formula is C22H25F2LiN2O3. The maximum Gasteiger partial charge on any atom is 1.00 e. The number of benzene rings is 2. The van der Waals surface area contributed by atoms with Crippen molar-refractivity contribution in [2.75, 3.05) is 6.54 Å². The first kappa shape index (κ1) is 24.1. The second-order valence-corrected chi connectivity index (χ2v) is 7.39. The molecule has 0 saturated carbocycles. The largest absolute Gasteiger partial charge is 1.00 e. The average Bonchev–Trinajstić information content (AvgIpc) is 2.71. The Morgan fingerprint density at radius 2 is 1.87 bits per heavy atom. The third-order valence-electron chi connectivity index (χ3n) is 5.30. The van der Waals surface area contributed by atoms with Gasteiger partial charge in [-0.2, -0.15) is 0 Å². The van der Waals surface area contributed by atoms with Crippen molar-refractivity contribution in [3.8, 4) is 0 Å². The van der Waals surface area contributed by atoms with Crippen molar-refractivity contribution in [2.24, 2.45) is 0 Å². The summed E-state index contributed by atoms with van der Waals surface area (Å²) in [6.07, 6.45) is 2.56. The topological polar surface area (TPSA) is 69.6 Å². The third-order valence-corrected chi connectivity index (χ3v) is 5.30. The maximum atomic E-state index is 13.5. The Labute approximate surface area is 188 Å². The van der Waals surface area contributed by atoms with E-state index in [2.05, 4.69) is 5.32 Å². The Hall–Kier alpha value is -2.20. The zero-order valence-electron chi connectivity index (χ0n) is 18.2. The van der Waals surface area contributed by atoms with Gasteiger partial charge in [-0.15, -0.1) is 0 Å². The normalized spacial score (nSPS) is 17.6.